The van der Waals surface area contributed by atoms with Gasteiger partial charge in [-0.15, -0.1) is 0 Å². The maximum absolute atomic E-state index is 12.1. The highest BCUT2D eigenvalue weighted by Gasteiger charge is 2.08. The van der Waals surface area contributed by atoms with Gasteiger partial charge in [0.1, 0.15) is 0 Å². The fourth-order valence-electron chi connectivity index (χ4n) is 1.97. The Hall–Kier alpha value is -2.67. The standard InChI is InChI=1S/C18H17BrN2O4/c1-11-4-6-14(9-15(11)19)18(23)21-20-10-13-5-7-16(25-12(2)22)17(8-13)24-3/h4-10H,1-3H3,(H,21,23)/b20-10+. The van der Waals surface area contributed by atoms with Gasteiger partial charge in [0.25, 0.3) is 5.91 Å². The minimum absolute atomic E-state index is 0.319. The highest BCUT2D eigenvalue weighted by atomic mass is 79.9. The molecule has 130 valence electrons. The van der Waals surface area contributed by atoms with Gasteiger partial charge in [-0.3, -0.25) is 9.59 Å². The largest absolute Gasteiger partial charge is 0.493 e. The number of amides is 1. The predicted octanol–water partition coefficient (Wildman–Crippen LogP) is 3.46. The van der Waals surface area contributed by atoms with Crippen LogP contribution < -0.4 is 14.9 Å². The first-order valence-electron chi connectivity index (χ1n) is 7.36. The Morgan fingerprint density at radius 1 is 1.16 bits per heavy atom. The maximum Gasteiger partial charge on any atom is 0.308 e. The first-order chi connectivity index (χ1) is 11.9. The highest BCUT2D eigenvalue weighted by molar-refractivity contribution is 9.10. The summed E-state index contributed by atoms with van der Waals surface area (Å²) >= 11 is 3.39. The molecular formula is C18H17BrN2O4. The number of aryl methyl sites for hydroxylation is 1. The van der Waals surface area contributed by atoms with Gasteiger partial charge in [-0.2, -0.15) is 5.10 Å². The molecule has 0 saturated heterocycles. The van der Waals surface area contributed by atoms with Crippen LogP contribution in [0.15, 0.2) is 46.0 Å². The number of carbonyl (C=O) groups is 2. The minimum atomic E-state index is -0.434. The Balaban J connectivity index is 2.07. The summed E-state index contributed by atoms with van der Waals surface area (Å²) in [6, 6.07) is 10.2. The molecule has 25 heavy (non-hydrogen) atoms. The number of nitrogens with one attached hydrogen (secondary N) is 1. The molecule has 1 amide bonds. The second kappa shape index (κ2) is 8.43. The summed E-state index contributed by atoms with van der Waals surface area (Å²) in [5.41, 5.74) is 4.68. The summed E-state index contributed by atoms with van der Waals surface area (Å²) in [7, 11) is 1.47. The van der Waals surface area contributed by atoms with Crippen LogP contribution in [-0.2, 0) is 4.79 Å². The molecule has 0 aliphatic carbocycles. The van der Waals surface area contributed by atoms with Gasteiger partial charge in [-0.1, -0.05) is 22.0 Å². The van der Waals surface area contributed by atoms with Crippen LogP contribution in [0.25, 0.3) is 0 Å². The first-order valence-corrected chi connectivity index (χ1v) is 8.16. The molecule has 2 aromatic rings. The van der Waals surface area contributed by atoms with Crippen molar-refractivity contribution < 1.29 is 19.1 Å². The van der Waals surface area contributed by atoms with Crippen molar-refractivity contribution in [3.8, 4) is 11.5 Å². The summed E-state index contributed by atoms with van der Waals surface area (Å²) in [5, 5.41) is 3.93. The third kappa shape index (κ3) is 5.15. The van der Waals surface area contributed by atoms with Gasteiger partial charge < -0.3 is 9.47 Å². The molecule has 2 rings (SSSR count). The third-order valence-electron chi connectivity index (χ3n) is 3.26. The summed E-state index contributed by atoms with van der Waals surface area (Å²) in [4.78, 5) is 23.1. The maximum atomic E-state index is 12.1. The number of nitrogens with zero attached hydrogens (tertiary/aromatic N) is 1. The van der Waals surface area contributed by atoms with Crippen LogP contribution in [0.5, 0.6) is 11.5 Å². The van der Waals surface area contributed by atoms with Gasteiger partial charge >= 0.3 is 5.97 Å². The number of hydrazone groups is 1. The van der Waals surface area contributed by atoms with Crippen molar-refractivity contribution in [1.29, 1.82) is 0 Å². The van der Waals surface area contributed by atoms with Crippen LogP contribution >= 0.6 is 15.9 Å². The molecule has 0 atom stereocenters. The molecule has 0 aromatic heterocycles. The lowest BCUT2D eigenvalue weighted by Crippen LogP contribution is -2.17. The SMILES string of the molecule is COc1cc(/C=N/NC(=O)c2ccc(C)c(Br)c2)ccc1OC(C)=O. The van der Waals surface area contributed by atoms with Gasteiger partial charge in [0.05, 0.1) is 13.3 Å². The van der Waals surface area contributed by atoms with Crippen LogP contribution in [0.4, 0.5) is 0 Å². The van der Waals surface area contributed by atoms with Crippen molar-refractivity contribution in [2.45, 2.75) is 13.8 Å². The zero-order valence-corrected chi connectivity index (χ0v) is 15.6. The third-order valence-corrected chi connectivity index (χ3v) is 4.11. The van der Waals surface area contributed by atoms with Crippen molar-refractivity contribution in [3.63, 3.8) is 0 Å². The Morgan fingerprint density at radius 2 is 1.92 bits per heavy atom. The molecule has 6 nitrogen and oxygen atoms in total. The van der Waals surface area contributed by atoms with E-state index in [0.717, 1.165) is 10.0 Å². The van der Waals surface area contributed by atoms with E-state index in [0.29, 0.717) is 22.6 Å². The number of rotatable bonds is 5. The quantitative estimate of drug-likeness (QED) is 0.358. The van der Waals surface area contributed by atoms with Gasteiger partial charge in [0.15, 0.2) is 11.5 Å². The topological polar surface area (TPSA) is 77.0 Å². The Labute approximate surface area is 154 Å². The lowest BCUT2D eigenvalue weighted by molar-refractivity contribution is -0.132. The molecule has 1 N–H and O–H groups in total. The van der Waals surface area contributed by atoms with Crippen molar-refractivity contribution in [2.75, 3.05) is 7.11 Å². The number of halogens is 1. The number of carbonyl (C=O) groups excluding carboxylic acids is 2. The van der Waals surface area contributed by atoms with Crippen LogP contribution in [0.1, 0.15) is 28.4 Å². The number of ether oxygens (including phenoxy) is 2. The smallest absolute Gasteiger partial charge is 0.308 e. The summed E-state index contributed by atoms with van der Waals surface area (Å²) < 4.78 is 11.1. The molecule has 0 saturated carbocycles. The lowest BCUT2D eigenvalue weighted by Gasteiger charge is -2.08. The number of hydrogen-bond acceptors (Lipinski definition) is 5. The van der Waals surface area contributed by atoms with Crippen LogP contribution in [0, 0.1) is 6.92 Å². The Kier molecular flexibility index (Phi) is 6.30. The van der Waals surface area contributed by atoms with Gasteiger partial charge in [-0.05, 0) is 48.4 Å². The molecule has 0 fully saturated rings. The van der Waals surface area contributed by atoms with E-state index >= 15 is 0 Å². The summed E-state index contributed by atoms with van der Waals surface area (Å²) in [5.74, 6) is -0.0367. The number of methoxy groups -OCH3 is 1. The normalized spacial score (nSPS) is 10.6. The highest BCUT2D eigenvalue weighted by Crippen LogP contribution is 2.27. The van der Waals surface area contributed by atoms with E-state index < -0.39 is 5.97 Å². The van der Waals surface area contributed by atoms with Gasteiger partial charge in [-0.25, -0.2) is 5.43 Å². The number of hydrogen-bond donors (Lipinski definition) is 1. The van der Waals surface area contributed by atoms with Crippen molar-refractivity contribution in [2.24, 2.45) is 5.10 Å². The zero-order chi connectivity index (χ0) is 18.4. The first kappa shape index (κ1) is 18.7. The second-order valence-electron chi connectivity index (χ2n) is 5.17. The van der Waals surface area contributed by atoms with E-state index in [9.17, 15) is 9.59 Å². The average molecular weight is 405 g/mol. The molecule has 0 aliphatic rings. The molecule has 0 heterocycles. The van der Waals surface area contributed by atoms with Gasteiger partial charge in [0.2, 0.25) is 0 Å². The summed E-state index contributed by atoms with van der Waals surface area (Å²) in [6.45, 7) is 3.25. The molecule has 7 heteroatoms. The monoisotopic (exact) mass is 404 g/mol. The van der Waals surface area contributed by atoms with Crippen LogP contribution in [0.3, 0.4) is 0 Å². The second-order valence-corrected chi connectivity index (χ2v) is 6.02. The minimum Gasteiger partial charge on any atom is -0.493 e. The van der Waals surface area contributed by atoms with Crippen LogP contribution in [0.2, 0.25) is 0 Å². The fourth-order valence-corrected chi connectivity index (χ4v) is 2.35. The molecule has 2 aromatic carbocycles. The van der Waals surface area contributed by atoms with Crippen molar-refractivity contribution >= 4 is 34.0 Å². The van der Waals surface area contributed by atoms with Crippen molar-refractivity contribution in [1.82, 2.24) is 5.43 Å². The van der Waals surface area contributed by atoms with E-state index in [1.807, 2.05) is 13.0 Å². The predicted molar refractivity (Wildman–Crippen MR) is 98.2 cm³/mol. The van der Waals surface area contributed by atoms with Gasteiger partial charge in [0, 0.05) is 17.0 Å². The van der Waals surface area contributed by atoms with E-state index in [1.54, 1.807) is 30.3 Å². The molecule has 0 spiro atoms. The number of esters is 1. The molecule has 0 radical (unpaired) electrons. The Bertz CT molecular complexity index is 834. The fraction of sp³-hybridized carbons (Fsp3) is 0.167. The lowest BCUT2D eigenvalue weighted by atomic mass is 10.1. The molecular weight excluding hydrogens is 388 g/mol. The van der Waals surface area contributed by atoms with Crippen LogP contribution in [-0.4, -0.2) is 25.2 Å². The van der Waals surface area contributed by atoms with E-state index in [-0.39, 0.29) is 5.91 Å². The zero-order valence-electron chi connectivity index (χ0n) is 14.0. The van der Waals surface area contributed by atoms with Crippen molar-refractivity contribution in [3.05, 3.63) is 57.6 Å². The summed E-state index contributed by atoms with van der Waals surface area (Å²) in [6.07, 6.45) is 1.47. The number of benzene rings is 2. The molecule has 0 aliphatic heterocycles. The van der Waals surface area contributed by atoms with E-state index in [1.165, 1.54) is 20.2 Å². The molecule has 0 unspecified atom stereocenters. The van der Waals surface area contributed by atoms with E-state index in [2.05, 4.69) is 26.5 Å². The molecule has 0 bridgehead atoms. The van der Waals surface area contributed by atoms with E-state index in [4.69, 9.17) is 9.47 Å². The Morgan fingerprint density at radius 3 is 2.56 bits per heavy atom. The average Bonchev–Trinajstić information content (AvgIpc) is 2.57.